The van der Waals surface area contributed by atoms with Crippen molar-refractivity contribution >= 4 is 135 Å². The average molecular weight is 2360 g/mol. The summed E-state index contributed by atoms with van der Waals surface area (Å²) in [5.41, 5.74) is -0.500. The predicted octanol–water partition coefficient (Wildman–Crippen LogP) is -46.9. The van der Waals surface area contributed by atoms with Crippen LogP contribution >= 0.6 is 0 Å². The molecule has 0 unspecified atom stereocenters. The molecule has 0 spiro atoms. The summed E-state index contributed by atoms with van der Waals surface area (Å²) in [6.45, 7) is 1.40. The van der Waals surface area contributed by atoms with Crippen LogP contribution in [0.5, 0.6) is 0 Å². The second kappa shape index (κ2) is 63.6. The van der Waals surface area contributed by atoms with Crippen LogP contribution in [0.15, 0.2) is 0 Å². The van der Waals surface area contributed by atoms with Gasteiger partial charge in [0, 0.05) is 0 Å². The molecule has 0 radical (unpaired) electrons. The topological polar surface area (TPSA) is 937 Å². The van der Waals surface area contributed by atoms with Crippen molar-refractivity contribution in [3.05, 3.63) is 0 Å². The van der Waals surface area contributed by atoms with Crippen molar-refractivity contribution in [3.8, 4) is 0 Å². The van der Waals surface area contributed by atoms with Crippen LogP contribution in [0.1, 0.15) is 112 Å². The van der Waals surface area contributed by atoms with Crippen molar-refractivity contribution in [3.63, 3.8) is 0 Å². The molecule has 4 heterocycles. The fourth-order valence-electron chi connectivity index (χ4n) is 17.8. The van der Waals surface area contributed by atoms with Gasteiger partial charge in [-0.1, -0.05) is 53.9 Å². The number of rotatable bonds is 43. The smallest absolute Gasteiger partial charge is 0.726 e. The molecule has 4 aliphatic heterocycles. The molecule has 29 atom stereocenters. The van der Waals surface area contributed by atoms with Crippen LogP contribution in [-0.4, -0.2) is 324 Å². The molecule has 730 valence electrons. The van der Waals surface area contributed by atoms with E-state index in [0.29, 0.717) is 36.5 Å². The van der Waals surface area contributed by atoms with Crippen molar-refractivity contribution in [1.29, 1.82) is 0 Å². The Morgan fingerprint density at radius 2 is 0.526 bits per heavy atom. The first-order chi connectivity index (χ1) is 55.9. The van der Waals surface area contributed by atoms with Crippen LogP contribution in [0, 0.1) is 52.3 Å². The summed E-state index contributed by atoms with van der Waals surface area (Å²) in [7, 11) is -87.9. The van der Waals surface area contributed by atoms with E-state index in [2.05, 4.69) is 82.1 Å². The van der Waals surface area contributed by atoms with Crippen LogP contribution in [0.4, 0.5) is 0 Å². The summed E-state index contributed by atoms with van der Waals surface area (Å²) in [4.78, 5) is 0. The molecule has 4 saturated carbocycles. The molecule has 4 saturated heterocycles. The van der Waals surface area contributed by atoms with Crippen LogP contribution < -0.4 is 384 Å². The van der Waals surface area contributed by atoms with Crippen molar-refractivity contribution in [1.82, 2.24) is 0 Å². The molecule has 137 heavy (non-hydrogen) atoms. The zero-order chi connectivity index (χ0) is 93.8. The Bertz CT molecular complexity index is 5380. The first-order valence-corrected chi connectivity index (χ1v) is 52.7. The molecule has 0 bridgehead atoms. The first-order valence-electron chi connectivity index (χ1n) is 35.4. The minimum absolute atomic E-state index is 0. The van der Waals surface area contributed by atoms with Gasteiger partial charge in [-0.2, -0.15) is 0 Å². The standard InChI is InChI=1S/C51H88O60S13.13Na/c1-22(2)7-6-8-23(3)27-11-12-28-26-10-9-24-17-25(13-15-50(24,4)29(26)14-16-51(27,28)5)95-46-42(108-121(79,80)81)38(104-117(67,68)69)34(30(96-46)18-91-112(52,53)54)100-47-43(109-122(82,83)84)39(105-118(70,71)72)35(31(97-47)19-92-113(55,56)57)101-48-44(110-123(85,86)87)40(106-119(73,74)75)36(32(98-48)20-93-114(58,59)60)102-49-45(111-124(88,89)90)41(107-120(76,77)78)37(103-116(64,65)66)33(99-49)21-94-115(61,62)63;;;;;;;;;;;;;/h22-49H,6-21H2,1-5H3,(H,52,53,54)(H,55,56,57)(H,58,59,60)(H,61,62,63)(H,64,65,66)(H,67,68,69)(H,70,71,72)(H,73,74,75)(H,76,77,78)(H,79,80,81)(H,82,83,84)(H,85,86,87)(H,88,89,90);;;;;;;;;;;;;/q;13*+1/p-13/t23-,24+,25+,26+,27-,28+,29+,30-,31-,32-,33-,34-,35-,36-,37-,38+,39+,40+,41+,42-,43-,44-,45-,46+,47-,48-,49-,50+,51-;;;;;;;;;;;;;/m1............./s1. The summed E-state index contributed by atoms with van der Waals surface area (Å²) in [6, 6.07) is 0. The zero-order valence-electron chi connectivity index (χ0n) is 76.3. The van der Waals surface area contributed by atoms with E-state index >= 15 is 0 Å². The Hall–Kier alpha value is 11.0. The number of ether oxygens (including phenoxy) is 8. The van der Waals surface area contributed by atoms with Gasteiger partial charge in [0.15, 0.2) is 49.6 Å². The minimum Gasteiger partial charge on any atom is -0.726 e. The van der Waals surface area contributed by atoms with Gasteiger partial charge >= 0.3 is 384 Å². The van der Waals surface area contributed by atoms with Gasteiger partial charge in [-0.05, 0) is 110 Å². The van der Waals surface area contributed by atoms with Crippen LogP contribution in [0.3, 0.4) is 0 Å². The van der Waals surface area contributed by atoms with Crippen LogP contribution in [0.25, 0.3) is 0 Å². The van der Waals surface area contributed by atoms with Crippen molar-refractivity contribution in [2.75, 3.05) is 26.4 Å². The molecule has 0 aromatic rings. The third-order valence-electron chi connectivity index (χ3n) is 22.0. The quantitative estimate of drug-likeness (QED) is 0.0237. The van der Waals surface area contributed by atoms with Gasteiger partial charge in [-0.3, -0.25) is 54.4 Å². The van der Waals surface area contributed by atoms with E-state index in [1.165, 1.54) is 0 Å². The maximum atomic E-state index is 13.0. The van der Waals surface area contributed by atoms with E-state index in [4.69, 9.17) is 37.9 Å². The maximum Gasteiger partial charge on any atom is 1.00 e. The third kappa shape index (κ3) is 51.9. The van der Waals surface area contributed by atoms with E-state index in [1.807, 2.05) is 6.92 Å². The third-order valence-corrected chi connectivity index (χ3v) is 27.8. The largest absolute Gasteiger partial charge is 1.00 e. The molecule has 8 rings (SSSR count). The number of hydrogen-bond acceptors (Lipinski definition) is 60. The Balaban J connectivity index is -0.00000330. The van der Waals surface area contributed by atoms with E-state index in [9.17, 15) is 169 Å². The summed E-state index contributed by atoms with van der Waals surface area (Å²) in [6.07, 6.45) is -67.5. The SMILES string of the molecule is CC(C)CCC[C@@H](C)[C@H]1CC[C@H]2[C@@H]3CC[C@H]4C[C@@H](O[C@H]5O[C@H](COS(=O)(=O)[O-])[C@@H](O[C@H]6O[C@H](COS(=O)(=O)[O-])[C@@H](O[C@H]7O[C@H](COS(=O)(=O)[O-])[C@@H](O[C@H]8O[C@H](COS(=O)(=O)[O-])[C@@H](OS(=O)(=O)[O-])[C@H](OS(=O)(=O)[O-])[C@H]8OS(=O)(=O)[O-])[C@H](OS(=O)(=O)[O-])[C@H]7OS(=O)(=O)[O-])[C@H](OS(=O)(=O)[O-])[C@H]6OS(=O)(=O)[O-])[C@H](OS(=O)(=O)[O-])[C@H]5OS(=O)(=O)[O-])CC[C@]4(C)[C@H]3CC[C@]12C.[Na+].[Na+].[Na+].[Na+].[Na+].[Na+].[Na+].[Na+].[Na+].[Na+].[Na+].[Na+].[Na+]. The molecular weight excluding hydrogens is 2290 g/mol. The van der Waals surface area contributed by atoms with Gasteiger partial charge in [0.2, 0.25) is 135 Å². The van der Waals surface area contributed by atoms with Gasteiger partial charge in [-0.25, -0.2) is 109 Å². The molecule has 4 aliphatic carbocycles. The summed E-state index contributed by atoms with van der Waals surface area (Å²) >= 11 is 0. The molecule has 0 N–H and O–H groups in total. The minimum atomic E-state index is -7.13. The van der Waals surface area contributed by atoms with Crippen molar-refractivity contribution in [2.45, 2.75) is 241 Å². The molecule has 60 nitrogen and oxygen atoms in total. The average Bonchev–Trinajstić information content (AvgIpc) is 1.64. The molecule has 0 amide bonds. The predicted molar refractivity (Wildman–Crippen MR) is 361 cm³/mol. The zero-order valence-corrected chi connectivity index (χ0v) is 113. The maximum absolute atomic E-state index is 13.0. The molecule has 8 aliphatic rings. The Morgan fingerprint density at radius 3 is 0.803 bits per heavy atom. The fraction of sp³-hybridized carbons (Fsp3) is 1.00. The fourth-order valence-corrected chi connectivity index (χ4v) is 23.4. The number of fused-ring (bicyclic) bond motifs is 5. The van der Waals surface area contributed by atoms with Crippen LogP contribution in [-0.2, 0) is 227 Å². The number of hydrogen-bond donors (Lipinski definition) is 0. The molecule has 0 aromatic heterocycles. The van der Waals surface area contributed by atoms with Gasteiger partial charge in [-0.15, -0.1) is 0 Å². The van der Waals surface area contributed by atoms with Crippen molar-refractivity contribution in [2.24, 2.45) is 52.3 Å². The summed E-state index contributed by atoms with van der Waals surface area (Å²) in [5, 5.41) is 0. The van der Waals surface area contributed by atoms with Gasteiger partial charge < -0.3 is 97.1 Å². The van der Waals surface area contributed by atoms with Crippen molar-refractivity contribution < 1.29 is 645 Å². The van der Waals surface area contributed by atoms with E-state index in [-0.39, 0.29) is 427 Å². The van der Waals surface area contributed by atoms with Gasteiger partial charge in [0.1, 0.15) is 73.2 Å². The Morgan fingerprint density at radius 1 is 0.277 bits per heavy atom. The monoisotopic (exact) mass is 2360 g/mol. The summed E-state index contributed by atoms with van der Waals surface area (Å²) in [5.74, 6) is 1.67. The van der Waals surface area contributed by atoms with E-state index in [1.54, 1.807) is 0 Å². The Kier molecular flexibility index (Phi) is 73.6. The molecule has 8 fully saturated rings. The molecular formula is C51H75Na13O60S13. The molecule has 86 heteroatoms. The summed E-state index contributed by atoms with van der Waals surface area (Å²) < 4.78 is 585. The second-order valence-corrected chi connectivity index (χ2v) is 43.5. The van der Waals surface area contributed by atoms with E-state index < -0.39 is 296 Å². The van der Waals surface area contributed by atoms with E-state index in [0.717, 1.165) is 44.9 Å². The molecule has 0 aromatic carbocycles. The normalized spacial score (nSPS) is 33.6. The van der Waals surface area contributed by atoms with Crippen LogP contribution in [0.2, 0.25) is 0 Å². The first kappa shape index (κ1) is 159. The Labute approximate surface area is 1080 Å². The second-order valence-electron chi connectivity index (χ2n) is 30.2. The van der Waals surface area contributed by atoms with Gasteiger partial charge in [0.05, 0.1) is 32.5 Å². The van der Waals surface area contributed by atoms with Gasteiger partial charge in [0.25, 0.3) is 0 Å².